The first-order valence-corrected chi connectivity index (χ1v) is 6.81. The molecule has 0 aliphatic carbocycles. The maximum Gasteiger partial charge on any atom is 0.127 e. The third-order valence-corrected chi connectivity index (χ3v) is 3.59. The quantitative estimate of drug-likeness (QED) is 0.850. The first-order valence-electron chi connectivity index (χ1n) is 6.81. The number of allylic oxidation sites excluding steroid dienone is 1. The maximum absolute atomic E-state index is 6.20. The van der Waals surface area contributed by atoms with Gasteiger partial charge in [-0.3, -0.25) is 0 Å². The number of rotatable bonds is 4. The van der Waals surface area contributed by atoms with Crippen molar-refractivity contribution < 1.29 is 0 Å². The fraction of sp³-hybridized carbons (Fsp3) is 0.438. The zero-order valence-corrected chi connectivity index (χ0v) is 12.3. The first kappa shape index (κ1) is 13.8. The highest BCUT2D eigenvalue weighted by molar-refractivity contribution is 5.78. The second-order valence-corrected chi connectivity index (χ2v) is 5.45. The van der Waals surface area contributed by atoms with Crippen LogP contribution in [0.4, 0.5) is 0 Å². The van der Waals surface area contributed by atoms with E-state index in [0.717, 1.165) is 35.4 Å². The van der Waals surface area contributed by atoms with Crippen LogP contribution in [0.3, 0.4) is 0 Å². The lowest BCUT2D eigenvalue weighted by atomic mass is 10.1. The van der Waals surface area contributed by atoms with E-state index >= 15 is 0 Å². The number of fused-ring (bicyclic) bond motifs is 1. The third-order valence-electron chi connectivity index (χ3n) is 3.59. The highest BCUT2D eigenvalue weighted by atomic mass is 15.1. The lowest BCUT2D eigenvalue weighted by Gasteiger charge is -2.13. The van der Waals surface area contributed by atoms with E-state index in [1.807, 2.05) is 6.92 Å². The van der Waals surface area contributed by atoms with Crippen LogP contribution in [0.15, 0.2) is 24.3 Å². The number of imidazole rings is 1. The molecule has 3 nitrogen and oxygen atoms in total. The molecule has 1 aromatic heterocycles. The topological polar surface area (TPSA) is 43.8 Å². The molecular weight excluding hydrogens is 234 g/mol. The van der Waals surface area contributed by atoms with E-state index in [-0.39, 0.29) is 6.04 Å². The van der Waals surface area contributed by atoms with Gasteiger partial charge in [0.2, 0.25) is 0 Å². The summed E-state index contributed by atoms with van der Waals surface area (Å²) < 4.78 is 2.21. The second kappa shape index (κ2) is 5.17. The Labute approximate surface area is 115 Å². The number of aryl methyl sites for hydroxylation is 2. The molecular formula is C16H23N3. The molecule has 0 spiro atoms. The molecule has 2 rings (SSSR count). The molecule has 0 amide bonds. The van der Waals surface area contributed by atoms with E-state index in [4.69, 9.17) is 10.7 Å². The number of benzene rings is 1. The largest absolute Gasteiger partial charge is 0.323 e. The van der Waals surface area contributed by atoms with Crippen LogP contribution in [0, 0.1) is 13.8 Å². The van der Waals surface area contributed by atoms with Crippen LogP contribution in [0.1, 0.15) is 43.3 Å². The van der Waals surface area contributed by atoms with Gasteiger partial charge in [-0.05, 0) is 50.5 Å². The molecule has 2 aromatic rings. The molecule has 3 heteroatoms. The van der Waals surface area contributed by atoms with Crippen molar-refractivity contribution in [2.45, 2.75) is 46.7 Å². The highest BCUT2D eigenvalue weighted by Gasteiger charge is 2.16. The van der Waals surface area contributed by atoms with Crippen molar-refractivity contribution in [2.24, 2.45) is 5.73 Å². The van der Waals surface area contributed by atoms with Gasteiger partial charge in [-0.25, -0.2) is 4.98 Å². The molecule has 1 unspecified atom stereocenters. The first-order chi connectivity index (χ1) is 8.93. The van der Waals surface area contributed by atoms with Crippen LogP contribution < -0.4 is 5.73 Å². The molecule has 0 saturated heterocycles. The van der Waals surface area contributed by atoms with Crippen LogP contribution in [-0.2, 0) is 6.54 Å². The van der Waals surface area contributed by atoms with Crippen molar-refractivity contribution in [3.05, 3.63) is 41.2 Å². The number of nitrogens with zero attached hydrogens (tertiary/aromatic N) is 2. The predicted octanol–water partition coefficient (Wildman–Crippen LogP) is 3.64. The zero-order valence-electron chi connectivity index (χ0n) is 12.3. The summed E-state index contributed by atoms with van der Waals surface area (Å²) in [5.41, 5.74) is 12.1. The number of hydrogen-bond acceptors (Lipinski definition) is 2. The summed E-state index contributed by atoms with van der Waals surface area (Å²) in [5, 5.41) is 0. The van der Waals surface area contributed by atoms with Gasteiger partial charge in [0.15, 0.2) is 0 Å². The zero-order chi connectivity index (χ0) is 14.2. The van der Waals surface area contributed by atoms with Gasteiger partial charge >= 0.3 is 0 Å². The standard InChI is InChI=1S/C16H23N3/c1-6-13(17)16-18-14-7-11(4)12(5)8-15(14)19(16)9-10(2)3/h7-8,13H,2,6,9,17H2,1,3-5H3. The average molecular weight is 257 g/mol. The fourth-order valence-electron chi connectivity index (χ4n) is 2.30. The van der Waals surface area contributed by atoms with E-state index in [0.29, 0.717) is 0 Å². The summed E-state index contributed by atoms with van der Waals surface area (Å²) >= 11 is 0. The monoisotopic (exact) mass is 257 g/mol. The van der Waals surface area contributed by atoms with Crippen LogP contribution in [-0.4, -0.2) is 9.55 Å². The molecule has 102 valence electrons. The molecule has 0 radical (unpaired) electrons. The minimum absolute atomic E-state index is 0.0210. The predicted molar refractivity (Wildman–Crippen MR) is 81.2 cm³/mol. The normalized spacial score (nSPS) is 12.9. The Morgan fingerprint density at radius 1 is 1.37 bits per heavy atom. The summed E-state index contributed by atoms with van der Waals surface area (Å²) in [6, 6.07) is 4.32. The van der Waals surface area contributed by atoms with E-state index in [9.17, 15) is 0 Å². The van der Waals surface area contributed by atoms with Crippen molar-refractivity contribution in [1.29, 1.82) is 0 Å². The summed E-state index contributed by atoms with van der Waals surface area (Å²) in [5.74, 6) is 0.963. The Balaban J connectivity index is 2.69. The van der Waals surface area contributed by atoms with Crippen LogP contribution in [0.5, 0.6) is 0 Å². The Bertz CT molecular complexity index is 622. The van der Waals surface area contributed by atoms with Crippen LogP contribution >= 0.6 is 0 Å². The van der Waals surface area contributed by atoms with Crippen molar-refractivity contribution in [3.63, 3.8) is 0 Å². The third kappa shape index (κ3) is 2.56. The summed E-state index contributed by atoms with van der Waals surface area (Å²) in [6.45, 7) is 13.2. The Hall–Kier alpha value is -1.61. The van der Waals surface area contributed by atoms with Crippen LogP contribution in [0.2, 0.25) is 0 Å². The van der Waals surface area contributed by atoms with Gasteiger partial charge in [-0.2, -0.15) is 0 Å². The SMILES string of the molecule is C=C(C)Cn1c(C(N)CC)nc2cc(C)c(C)cc21. The molecule has 1 aromatic carbocycles. The van der Waals surface area contributed by atoms with Gasteiger partial charge in [0.25, 0.3) is 0 Å². The Morgan fingerprint density at radius 3 is 2.58 bits per heavy atom. The van der Waals surface area contributed by atoms with E-state index < -0.39 is 0 Å². The molecule has 0 bridgehead atoms. The van der Waals surface area contributed by atoms with Crippen LogP contribution in [0.25, 0.3) is 11.0 Å². The van der Waals surface area contributed by atoms with Crippen molar-refractivity contribution in [1.82, 2.24) is 9.55 Å². The molecule has 0 aliphatic rings. The fourth-order valence-corrected chi connectivity index (χ4v) is 2.30. The maximum atomic E-state index is 6.20. The van der Waals surface area contributed by atoms with Gasteiger partial charge in [0.05, 0.1) is 17.1 Å². The molecule has 0 aliphatic heterocycles. The molecule has 19 heavy (non-hydrogen) atoms. The number of nitrogens with two attached hydrogens (primary N) is 1. The van der Waals surface area contributed by atoms with Crippen molar-refractivity contribution in [2.75, 3.05) is 0 Å². The van der Waals surface area contributed by atoms with Gasteiger partial charge in [-0.1, -0.05) is 19.1 Å². The van der Waals surface area contributed by atoms with Gasteiger partial charge in [0.1, 0.15) is 5.82 Å². The minimum atomic E-state index is -0.0210. The van der Waals surface area contributed by atoms with Crippen molar-refractivity contribution in [3.8, 4) is 0 Å². The van der Waals surface area contributed by atoms with Gasteiger partial charge in [-0.15, -0.1) is 0 Å². The second-order valence-electron chi connectivity index (χ2n) is 5.45. The molecule has 1 heterocycles. The van der Waals surface area contributed by atoms with E-state index in [1.165, 1.54) is 11.1 Å². The summed E-state index contributed by atoms with van der Waals surface area (Å²) in [6.07, 6.45) is 0.886. The molecule has 0 saturated carbocycles. The summed E-state index contributed by atoms with van der Waals surface area (Å²) in [4.78, 5) is 4.74. The molecule has 1 atom stereocenters. The Kier molecular flexibility index (Phi) is 3.76. The molecule has 2 N–H and O–H groups in total. The van der Waals surface area contributed by atoms with E-state index in [2.05, 4.69) is 44.0 Å². The lowest BCUT2D eigenvalue weighted by molar-refractivity contribution is 0.603. The van der Waals surface area contributed by atoms with Crippen molar-refractivity contribution >= 4 is 11.0 Å². The Morgan fingerprint density at radius 2 is 2.00 bits per heavy atom. The smallest absolute Gasteiger partial charge is 0.127 e. The highest BCUT2D eigenvalue weighted by Crippen LogP contribution is 2.25. The summed E-state index contributed by atoms with van der Waals surface area (Å²) in [7, 11) is 0. The van der Waals surface area contributed by atoms with Gasteiger partial charge < -0.3 is 10.3 Å². The number of aromatic nitrogens is 2. The van der Waals surface area contributed by atoms with E-state index in [1.54, 1.807) is 0 Å². The van der Waals surface area contributed by atoms with Gasteiger partial charge in [0, 0.05) is 6.54 Å². The minimum Gasteiger partial charge on any atom is -0.323 e. The lowest BCUT2D eigenvalue weighted by Crippen LogP contribution is -2.16. The molecule has 0 fully saturated rings. The average Bonchev–Trinajstić information content (AvgIpc) is 2.67. The number of hydrogen-bond donors (Lipinski definition) is 1.